The number of halogens is 1. The van der Waals surface area contributed by atoms with Crippen molar-refractivity contribution in [3.8, 4) is 5.69 Å². The minimum absolute atomic E-state index is 0.0417. The van der Waals surface area contributed by atoms with Crippen molar-refractivity contribution >= 4 is 11.8 Å². The molecule has 7 heteroatoms. The molecule has 0 spiro atoms. The first-order chi connectivity index (χ1) is 13.0. The molecule has 4 rings (SSSR count). The number of aromatic nitrogens is 2. The van der Waals surface area contributed by atoms with Crippen molar-refractivity contribution < 1.29 is 14.0 Å². The quantitative estimate of drug-likeness (QED) is 0.814. The van der Waals surface area contributed by atoms with Crippen LogP contribution in [0.15, 0.2) is 24.3 Å². The van der Waals surface area contributed by atoms with Crippen molar-refractivity contribution in [3.05, 3.63) is 47.0 Å². The normalized spacial score (nSPS) is 17.0. The number of benzene rings is 1. The number of fused-ring (bicyclic) bond motifs is 1. The third-order valence-electron chi connectivity index (χ3n) is 5.47. The molecule has 1 saturated heterocycles. The molecule has 0 saturated carbocycles. The van der Waals surface area contributed by atoms with Crippen LogP contribution >= 0.6 is 0 Å². The maximum Gasteiger partial charge on any atom is 0.274 e. The van der Waals surface area contributed by atoms with Gasteiger partial charge in [0.2, 0.25) is 5.91 Å². The van der Waals surface area contributed by atoms with E-state index in [2.05, 4.69) is 5.10 Å². The van der Waals surface area contributed by atoms with E-state index in [0.29, 0.717) is 31.9 Å². The summed E-state index contributed by atoms with van der Waals surface area (Å²) < 4.78 is 15.1. The molecule has 1 aliphatic carbocycles. The summed E-state index contributed by atoms with van der Waals surface area (Å²) in [5, 5.41) is 4.64. The summed E-state index contributed by atoms with van der Waals surface area (Å²) in [5.74, 6) is -0.323. The first-order valence-corrected chi connectivity index (χ1v) is 9.46. The molecule has 2 aliphatic rings. The number of carbonyl (C=O) groups excluding carboxylic acids is 2. The lowest BCUT2D eigenvalue weighted by molar-refractivity contribution is -0.130. The van der Waals surface area contributed by atoms with Crippen molar-refractivity contribution in [3.63, 3.8) is 0 Å². The minimum Gasteiger partial charge on any atom is -0.339 e. The number of hydrogen-bond acceptors (Lipinski definition) is 3. The highest BCUT2D eigenvalue weighted by Gasteiger charge is 2.30. The van der Waals surface area contributed by atoms with Crippen molar-refractivity contribution in [2.45, 2.75) is 32.6 Å². The predicted molar refractivity (Wildman–Crippen MR) is 98.3 cm³/mol. The van der Waals surface area contributed by atoms with Gasteiger partial charge in [-0.3, -0.25) is 9.59 Å². The Bertz CT molecular complexity index is 867. The highest BCUT2D eigenvalue weighted by molar-refractivity contribution is 5.94. The van der Waals surface area contributed by atoms with Crippen molar-refractivity contribution in [1.82, 2.24) is 19.6 Å². The fourth-order valence-electron chi connectivity index (χ4n) is 3.94. The van der Waals surface area contributed by atoms with Gasteiger partial charge in [-0.05, 0) is 49.9 Å². The standard InChI is InChI=1S/C20H23FN4O2/c1-14(26)23-10-12-24(13-11-23)20(27)19-17-4-2-3-5-18(17)25(22-19)16-8-6-15(21)7-9-16/h6-9H,2-5,10-13H2,1H3. The van der Waals surface area contributed by atoms with Crippen LogP contribution in [0.1, 0.15) is 41.5 Å². The van der Waals surface area contributed by atoms with Gasteiger partial charge in [-0.2, -0.15) is 5.10 Å². The maximum absolute atomic E-state index is 13.3. The van der Waals surface area contributed by atoms with E-state index < -0.39 is 0 Å². The SMILES string of the molecule is CC(=O)N1CCN(C(=O)c2nn(-c3ccc(F)cc3)c3c2CCCC3)CC1. The second-order valence-corrected chi connectivity index (χ2v) is 7.17. The van der Waals surface area contributed by atoms with E-state index in [-0.39, 0.29) is 17.6 Å². The lowest BCUT2D eigenvalue weighted by Crippen LogP contribution is -2.50. The largest absolute Gasteiger partial charge is 0.339 e. The molecule has 0 radical (unpaired) electrons. The summed E-state index contributed by atoms with van der Waals surface area (Å²) in [5.41, 5.74) is 3.35. The van der Waals surface area contributed by atoms with Gasteiger partial charge in [-0.25, -0.2) is 9.07 Å². The van der Waals surface area contributed by atoms with Crippen LogP contribution in [-0.4, -0.2) is 57.6 Å². The van der Waals surface area contributed by atoms with Gasteiger partial charge in [-0.15, -0.1) is 0 Å². The van der Waals surface area contributed by atoms with Crippen LogP contribution in [0, 0.1) is 5.82 Å². The minimum atomic E-state index is -0.292. The Hall–Kier alpha value is -2.70. The summed E-state index contributed by atoms with van der Waals surface area (Å²) in [6.07, 6.45) is 3.81. The number of rotatable bonds is 2. The topological polar surface area (TPSA) is 58.4 Å². The van der Waals surface area contributed by atoms with Gasteiger partial charge in [0.1, 0.15) is 5.82 Å². The molecule has 142 valence electrons. The molecule has 6 nitrogen and oxygen atoms in total. The molecule has 2 heterocycles. The summed E-state index contributed by atoms with van der Waals surface area (Å²) in [7, 11) is 0. The maximum atomic E-state index is 13.3. The van der Waals surface area contributed by atoms with E-state index in [0.717, 1.165) is 42.6 Å². The first-order valence-electron chi connectivity index (χ1n) is 9.46. The molecule has 0 N–H and O–H groups in total. The second kappa shape index (κ2) is 7.13. The van der Waals surface area contributed by atoms with Gasteiger partial charge < -0.3 is 9.80 Å². The zero-order chi connectivity index (χ0) is 19.0. The lowest BCUT2D eigenvalue weighted by Gasteiger charge is -2.34. The lowest BCUT2D eigenvalue weighted by atomic mass is 9.95. The monoisotopic (exact) mass is 370 g/mol. The van der Waals surface area contributed by atoms with Crippen molar-refractivity contribution in [2.24, 2.45) is 0 Å². The molecule has 0 atom stereocenters. The van der Waals surface area contributed by atoms with E-state index in [9.17, 15) is 14.0 Å². The van der Waals surface area contributed by atoms with E-state index in [1.54, 1.807) is 33.5 Å². The first kappa shape index (κ1) is 17.7. The predicted octanol–water partition coefficient (Wildman–Crippen LogP) is 2.19. The second-order valence-electron chi connectivity index (χ2n) is 7.17. The molecule has 1 aliphatic heterocycles. The van der Waals surface area contributed by atoms with Gasteiger partial charge in [0.05, 0.1) is 5.69 Å². The number of hydrogen-bond donors (Lipinski definition) is 0. The Kier molecular flexibility index (Phi) is 4.68. The Morgan fingerprint density at radius 2 is 1.59 bits per heavy atom. The van der Waals surface area contributed by atoms with Crippen LogP contribution in [-0.2, 0) is 17.6 Å². The third kappa shape index (κ3) is 3.34. The van der Waals surface area contributed by atoms with Crippen LogP contribution in [0.4, 0.5) is 4.39 Å². The summed E-state index contributed by atoms with van der Waals surface area (Å²) in [6.45, 7) is 3.72. The third-order valence-corrected chi connectivity index (χ3v) is 5.47. The zero-order valence-corrected chi connectivity index (χ0v) is 15.4. The molecule has 1 fully saturated rings. The smallest absolute Gasteiger partial charge is 0.274 e. The van der Waals surface area contributed by atoms with E-state index >= 15 is 0 Å². The summed E-state index contributed by atoms with van der Waals surface area (Å²) >= 11 is 0. The van der Waals surface area contributed by atoms with Crippen LogP contribution < -0.4 is 0 Å². The van der Waals surface area contributed by atoms with Gasteiger partial charge in [-0.1, -0.05) is 0 Å². The molecular weight excluding hydrogens is 347 g/mol. The highest BCUT2D eigenvalue weighted by Crippen LogP contribution is 2.28. The average Bonchev–Trinajstić information content (AvgIpc) is 3.08. The van der Waals surface area contributed by atoms with Gasteiger partial charge >= 0.3 is 0 Å². The average molecular weight is 370 g/mol. The number of piperazine rings is 1. The van der Waals surface area contributed by atoms with Crippen LogP contribution in [0.25, 0.3) is 5.69 Å². The van der Waals surface area contributed by atoms with Gasteiger partial charge in [0.25, 0.3) is 5.91 Å². The number of nitrogens with zero attached hydrogens (tertiary/aromatic N) is 4. The van der Waals surface area contributed by atoms with Gasteiger partial charge in [0.15, 0.2) is 5.69 Å². The molecule has 2 aromatic rings. The summed E-state index contributed by atoms with van der Waals surface area (Å²) in [4.78, 5) is 28.2. The molecule has 1 aromatic carbocycles. The van der Waals surface area contributed by atoms with E-state index in [1.165, 1.54) is 12.1 Å². The van der Waals surface area contributed by atoms with Crippen molar-refractivity contribution in [1.29, 1.82) is 0 Å². The number of carbonyl (C=O) groups is 2. The van der Waals surface area contributed by atoms with Crippen LogP contribution in [0.3, 0.4) is 0 Å². The molecule has 0 bridgehead atoms. The van der Waals surface area contributed by atoms with E-state index in [4.69, 9.17) is 0 Å². The van der Waals surface area contributed by atoms with Crippen molar-refractivity contribution in [2.75, 3.05) is 26.2 Å². The highest BCUT2D eigenvalue weighted by atomic mass is 19.1. The Morgan fingerprint density at radius 3 is 2.26 bits per heavy atom. The molecule has 27 heavy (non-hydrogen) atoms. The van der Waals surface area contributed by atoms with E-state index in [1.807, 2.05) is 0 Å². The molecule has 1 aromatic heterocycles. The fraction of sp³-hybridized carbons (Fsp3) is 0.450. The zero-order valence-electron chi connectivity index (χ0n) is 15.4. The van der Waals surface area contributed by atoms with Crippen LogP contribution in [0.5, 0.6) is 0 Å². The molecule has 2 amide bonds. The fourth-order valence-corrected chi connectivity index (χ4v) is 3.94. The molecule has 0 unspecified atom stereocenters. The summed E-state index contributed by atoms with van der Waals surface area (Å²) in [6, 6.07) is 6.21. The van der Waals surface area contributed by atoms with Crippen LogP contribution in [0.2, 0.25) is 0 Å². The van der Waals surface area contributed by atoms with Gasteiger partial charge in [0, 0.05) is 44.4 Å². The Balaban J connectivity index is 1.64. The Labute approximate surface area is 157 Å². The Morgan fingerprint density at radius 1 is 0.963 bits per heavy atom. The molecular formula is C20H23FN4O2. The number of amides is 2.